The van der Waals surface area contributed by atoms with E-state index in [0.717, 1.165) is 33.9 Å². The van der Waals surface area contributed by atoms with Gasteiger partial charge in [0.15, 0.2) is 5.82 Å². The maximum atomic E-state index is 5.31. The lowest BCUT2D eigenvalue weighted by Gasteiger charge is -2.16. The van der Waals surface area contributed by atoms with Crippen LogP contribution >= 0.6 is 11.3 Å². The fourth-order valence-electron chi connectivity index (χ4n) is 6.50. The van der Waals surface area contributed by atoms with Gasteiger partial charge in [0.05, 0.1) is 11.4 Å². The summed E-state index contributed by atoms with van der Waals surface area (Å²) in [6.45, 7) is 0. The molecular formula is C42H26N2S. The van der Waals surface area contributed by atoms with Gasteiger partial charge < -0.3 is 0 Å². The number of nitrogens with zero attached hydrogens (tertiary/aromatic N) is 2. The van der Waals surface area contributed by atoms with Crippen molar-refractivity contribution in [3.05, 3.63) is 158 Å². The molecule has 7 aromatic carbocycles. The van der Waals surface area contributed by atoms with Gasteiger partial charge in [-0.25, -0.2) is 9.97 Å². The fraction of sp³-hybridized carbons (Fsp3) is 0. The van der Waals surface area contributed by atoms with Gasteiger partial charge in [0.1, 0.15) is 0 Å². The van der Waals surface area contributed by atoms with Crippen LogP contribution in [0.5, 0.6) is 0 Å². The van der Waals surface area contributed by atoms with Gasteiger partial charge in [-0.2, -0.15) is 0 Å². The minimum atomic E-state index is 0.719. The highest BCUT2D eigenvalue weighted by atomic mass is 32.1. The molecule has 45 heavy (non-hydrogen) atoms. The Morgan fingerprint density at radius 2 is 1.07 bits per heavy atom. The summed E-state index contributed by atoms with van der Waals surface area (Å²) in [5, 5.41) is 8.52. The predicted octanol–water partition coefficient (Wildman–Crippen LogP) is 11.8. The minimum absolute atomic E-state index is 0.719. The summed E-state index contributed by atoms with van der Waals surface area (Å²) < 4.78 is 1.30. The van der Waals surface area contributed by atoms with Gasteiger partial charge in [-0.15, -0.1) is 11.3 Å². The largest absolute Gasteiger partial charge is 0.228 e. The first-order chi connectivity index (χ1) is 22.3. The van der Waals surface area contributed by atoms with Crippen LogP contribution in [0, 0.1) is 0 Å². The van der Waals surface area contributed by atoms with Gasteiger partial charge in [-0.3, -0.25) is 0 Å². The van der Waals surface area contributed by atoms with Crippen LogP contribution in [0.15, 0.2) is 158 Å². The zero-order valence-corrected chi connectivity index (χ0v) is 25.1. The standard InChI is InChI=1S/C42H26N2S/c1-2-12-28(13-3-1)42-43-36(30-16-10-17-31(24-30)39-25-32-15-6-9-20-38(32)45-39)26-37(44-42)41-35-19-8-5-14-29(35)23-33-22-21-27-11-4-7-18-34(27)40(33)41/h1-26H. The first-order valence-corrected chi connectivity index (χ1v) is 16.0. The first-order valence-electron chi connectivity index (χ1n) is 15.2. The van der Waals surface area contributed by atoms with E-state index in [9.17, 15) is 0 Å². The smallest absolute Gasteiger partial charge is 0.160 e. The Morgan fingerprint density at radius 3 is 1.93 bits per heavy atom. The molecule has 0 amide bonds. The van der Waals surface area contributed by atoms with Crippen molar-refractivity contribution in [1.29, 1.82) is 0 Å². The van der Waals surface area contributed by atoms with Crippen molar-refractivity contribution < 1.29 is 0 Å². The molecule has 2 heterocycles. The molecule has 0 saturated heterocycles. The van der Waals surface area contributed by atoms with Gasteiger partial charge in [-0.05, 0) is 73.6 Å². The molecule has 3 heteroatoms. The van der Waals surface area contributed by atoms with Gasteiger partial charge >= 0.3 is 0 Å². The fourth-order valence-corrected chi connectivity index (χ4v) is 7.56. The molecule has 0 saturated carbocycles. The Morgan fingerprint density at radius 1 is 0.400 bits per heavy atom. The number of aromatic nitrogens is 2. The molecule has 9 rings (SSSR count). The quantitative estimate of drug-likeness (QED) is 0.150. The molecule has 2 nitrogen and oxygen atoms in total. The monoisotopic (exact) mass is 590 g/mol. The molecule has 0 fully saturated rings. The molecule has 9 aromatic rings. The van der Waals surface area contributed by atoms with Gasteiger partial charge in [0.25, 0.3) is 0 Å². The van der Waals surface area contributed by atoms with Crippen molar-refractivity contribution in [3.8, 4) is 44.3 Å². The maximum Gasteiger partial charge on any atom is 0.160 e. The summed E-state index contributed by atoms with van der Waals surface area (Å²) >= 11 is 1.83. The molecule has 0 unspecified atom stereocenters. The predicted molar refractivity (Wildman–Crippen MR) is 192 cm³/mol. The molecule has 0 aliphatic heterocycles. The van der Waals surface area contributed by atoms with Crippen molar-refractivity contribution in [3.63, 3.8) is 0 Å². The third kappa shape index (κ3) is 4.48. The lowest BCUT2D eigenvalue weighted by Crippen LogP contribution is -1.97. The number of hydrogen-bond acceptors (Lipinski definition) is 3. The van der Waals surface area contributed by atoms with Crippen LogP contribution in [0.2, 0.25) is 0 Å². The van der Waals surface area contributed by atoms with Gasteiger partial charge in [0.2, 0.25) is 0 Å². The highest BCUT2D eigenvalue weighted by Gasteiger charge is 2.18. The Kier molecular flexibility index (Phi) is 6.03. The molecule has 2 aromatic heterocycles. The van der Waals surface area contributed by atoms with Crippen LogP contribution in [0.1, 0.15) is 0 Å². The highest BCUT2D eigenvalue weighted by molar-refractivity contribution is 7.22. The van der Waals surface area contributed by atoms with Crippen molar-refractivity contribution in [1.82, 2.24) is 9.97 Å². The van der Waals surface area contributed by atoms with E-state index in [0.29, 0.717) is 0 Å². The van der Waals surface area contributed by atoms with Crippen molar-refractivity contribution in [2.45, 2.75) is 0 Å². The number of thiophene rings is 1. The minimum Gasteiger partial charge on any atom is -0.228 e. The van der Waals surface area contributed by atoms with Crippen molar-refractivity contribution >= 4 is 53.7 Å². The molecule has 0 N–H and O–H groups in total. The van der Waals surface area contributed by atoms with Crippen LogP contribution in [0.4, 0.5) is 0 Å². The molecule has 210 valence electrons. The Bertz CT molecular complexity index is 2510. The van der Waals surface area contributed by atoms with Crippen LogP contribution < -0.4 is 0 Å². The molecule has 0 bridgehead atoms. The average molecular weight is 591 g/mol. The van der Waals surface area contributed by atoms with Crippen LogP contribution in [-0.4, -0.2) is 9.97 Å². The maximum absolute atomic E-state index is 5.31. The topological polar surface area (TPSA) is 25.8 Å². The van der Waals surface area contributed by atoms with Crippen LogP contribution in [-0.2, 0) is 0 Å². The van der Waals surface area contributed by atoms with Crippen LogP contribution in [0.3, 0.4) is 0 Å². The number of rotatable bonds is 4. The molecule has 0 aliphatic carbocycles. The van der Waals surface area contributed by atoms with Crippen molar-refractivity contribution in [2.24, 2.45) is 0 Å². The zero-order valence-electron chi connectivity index (χ0n) is 24.3. The Labute approximate surface area is 264 Å². The SMILES string of the molecule is c1ccc(-c2nc(-c3cccc(-c4cc5ccccc5s4)c3)cc(-c3c4ccccc4cc4ccc5ccccc5c34)n2)cc1. The van der Waals surface area contributed by atoms with E-state index in [1.165, 1.54) is 52.8 Å². The first kappa shape index (κ1) is 25.8. The molecule has 0 atom stereocenters. The second kappa shape index (κ2) is 10.5. The summed E-state index contributed by atoms with van der Waals surface area (Å²) in [6.07, 6.45) is 0. The second-order valence-corrected chi connectivity index (χ2v) is 12.5. The van der Waals surface area contributed by atoms with E-state index >= 15 is 0 Å². The van der Waals surface area contributed by atoms with E-state index in [1.807, 2.05) is 29.5 Å². The highest BCUT2D eigenvalue weighted by Crippen LogP contribution is 2.41. The van der Waals surface area contributed by atoms with E-state index in [4.69, 9.17) is 9.97 Å². The molecule has 0 aliphatic rings. The zero-order chi connectivity index (χ0) is 29.7. The Balaban J connectivity index is 1.33. The molecule has 0 spiro atoms. The second-order valence-electron chi connectivity index (χ2n) is 11.4. The summed E-state index contributed by atoms with van der Waals surface area (Å²) in [5.41, 5.74) is 6.22. The summed E-state index contributed by atoms with van der Waals surface area (Å²) in [7, 11) is 0. The number of benzene rings is 7. The van der Waals surface area contributed by atoms with Gasteiger partial charge in [-0.1, -0.05) is 127 Å². The molecule has 0 radical (unpaired) electrons. The summed E-state index contributed by atoms with van der Waals surface area (Å²) in [5.74, 6) is 0.719. The number of fused-ring (bicyclic) bond motifs is 5. The lowest BCUT2D eigenvalue weighted by molar-refractivity contribution is 1.19. The van der Waals surface area contributed by atoms with E-state index < -0.39 is 0 Å². The number of hydrogen-bond donors (Lipinski definition) is 0. The van der Waals surface area contributed by atoms with E-state index in [1.54, 1.807) is 0 Å². The van der Waals surface area contributed by atoms with Crippen molar-refractivity contribution in [2.75, 3.05) is 0 Å². The third-order valence-electron chi connectivity index (χ3n) is 8.64. The van der Waals surface area contributed by atoms with Gasteiger partial charge in [0, 0.05) is 26.3 Å². The average Bonchev–Trinajstić information content (AvgIpc) is 3.55. The van der Waals surface area contributed by atoms with Crippen LogP contribution in [0.25, 0.3) is 86.7 Å². The lowest BCUT2D eigenvalue weighted by atomic mass is 9.90. The normalized spacial score (nSPS) is 11.6. The molecular weight excluding hydrogens is 565 g/mol. The van der Waals surface area contributed by atoms with E-state index in [-0.39, 0.29) is 0 Å². The van der Waals surface area contributed by atoms with E-state index in [2.05, 4.69) is 140 Å². The summed E-state index contributed by atoms with van der Waals surface area (Å²) in [4.78, 5) is 11.8. The Hall–Kier alpha value is -5.64. The third-order valence-corrected chi connectivity index (χ3v) is 9.80. The summed E-state index contributed by atoms with van der Waals surface area (Å²) in [6, 6.07) is 56.2.